The number of likely N-dealkylation sites (tertiary alicyclic amines) is 1. The molecule has 0 aromatic heterocycles. The molecule has 2 saturated heterocycles. The topological polar surface area (TPSA) is 33.7 Å². The Labute approximate surface area is 130 Å². The second-order valence-corrected chi connectivity index (χ2v) is 7.80. The van der Waals surface area contributed by atoms with Gasteiger partial charge in [0.1, 0.15) is 0 Å². The highest BCUT2D eigenvalue weighted by Crippen LogP contribution is 2.32. The maximum Gasteiger partial charge on any atom is 0.0777 e. The van der Waals surface area contributed by atoms with Gasteiger partial charge >= 0.3 is 0 Å². The number of rotatable bonds is 7. The van der Waals surface area contributed by atoms with Crippen LogP contribution in [-0.4, -0.2) is 63.5 Å². The van der Waals surface area contributed by atoms with Crippen LogP contribution >= 0.6 is 0 Å². The zero-order valence-electron chi connectivity index (χ0n) is 14.4. The Morgan fingerprint density at radius 3 is 2.76 bits per heavy atom. The molecule has 0 aliphatic carbocycles. The molecule has 0 aromatic rings. The Morgan fingerprint density at radius 2 is 2.14 bits per heavy atom. The summed E-state index contributed by atoms with van der Waals surface area (Å²) in [5.74, 6) is 0.705. The fraction of sp³-hybridized carbons (Fsp3) is 1.00. The van der Waals surface area contributed by atoms with Gasteiger partial charge in [0.05, 0.1) is 12.2 Å². The third kappa shape index (κ3) is 4.92. The van der Waals surface area contributed by atoms with Gasteiger partial charge in [-0.05, 0) is 45.2 Å². The van der Waals surface area contributed by atoms with Gasteiger partial charge in [0.25, 0.3) is 0 Å². The highest BCUT2D eigenvalue weighted by Gasteiger charge is 2.39. The lowest BCUT2D eigenvalue weighted by Crippen LogP contribution is -2.53. The molecule has 4 heteroatoms. The normalized spacial score (nSPS) is 34.7. The summed E-state index contributed by atoms with van der Waals surface area (Å²) in [6.07, 6.45) is 3.59. The lowest BCUT2D eigenvalue weighted by Gasteiger charge is -2.43. The van der Waals surface area contributed by atoms with Gasteiger partial charge in [0.2, 0.25) is 0 Å². The Bertz CT molecular complexity index is 316. The average Bonchev–Trinajstić information content (AvgIpc) is 2.87. The standard InChI is InChI=1S/C17H34N2O2/c1-15(2)10-18-11-17(7-9-21-14-17)13-19-8-5-6-16(3,12-19)20-4/h15,18H,5-14H2,1-4H3. The van der Waals surface area contributed by atoms with Crippen molar-refractivity contribution in [2.24, 2.45) is 11.3 Å². The zero-order valence-corrected chi connectivity index (χ0v) is 14.4. The lowest BCUT2D eigenvalue weighted by atomic mass is 9.84. The summed E-state index contributed by atoms with van der Waals surface area (Å²) >= 11 is 0. The lowest BCUT2D eigenvalue weighted by molar-refractivity contribution is -0.0598. The van der Waals surface area contributed by atoms with Gasteiger partial charge < -0.3 is 14.8 Å². The largest absolute Gasteiger partial charge is 0.381 e. The van der Waals surface area contributed by atoms with Crippen molar-refractivity contribution in [3.63, 3.8) is 0 Å². The smallest absolute Gasteiger partial charge is 0.0777 e. The van der Waals surface area contributed by atoms with Crippen LogP contribution in [0.15, 0.2) is 0 Å². The molecule has 2 aliphatic heterocycles. The summed E-state index contributed by atoms with van der Waals surface area (Å²) in [5.41, 5.74) is 0.325. The summed E-state index contributed by atoms with van der Waals surface area (Å²) in [6, 6.07) is 0. The first kappa shape index (κ1) is 17.2. The number of nitrogens with zero attached hydrogens (tertiary/aromatic N) is 1. The van der Waals surface area contributed by atoms with Crippen LogP contribution in [-0.2, 0) is 9.47 Å². The van der Waals surface area contributed by atoms with Gasteiger partial charge in [-0.15, -0.1) is 0 Å². The molecule has 124 valence electrons. The summed E-state index contributed by atoms with van der Waals surface area (Å²) in [6.45, 7) is 14.1. The van der Waals surface area contributed by atoms with Crippen LogP contribution < -0.4 is 5.32 Å². The summed E-state index contributed by atoms with van der Waals surface area (Å²) < 4.78 is 11.5. The predicted octanol–water partition coefficient (Wildman–Crippen LogP) is 2.14. The van der Waals surface area contributed by atoms with Gasteiger partial charge in [-0.25, -0.2) is 0 Å². The molecule has 21 heavy (non-hydrogen) atoms. The van der Waals surface area contributed by atoms with E-state index in [1.165, 1.54) is 25.8 Å². The maximum absolute atomic E-state index is 5.74. The van der Waals surface area contributed by atoms with Crippen LogP contribution in [0.25, 0.3) is 0 Å². The quantitative estimate of drug-likeness (QED) is 0.781. The van der Waals surface area contributed by atoms with E-state index in [1.54, 1.807) is 0 Å². The van der Waals surface area contributed by atoms with Gasteiger partial charge in [0.15, 0.2) is 0 Å². The molecule has 0 bridgehead atoms. The first-order valence-corrected chi connectivity index (χ1v) is 8.53. The van der Waals surface area contributed by atoms with Crippen molar-refractivity contribution < 1.29 is 9.47 Å². The van der Waals surface area contributed by atoms with Crippen LogP contribution in [0, 0.1) is 11.3 Å². The Morgan fingerprint density at radius 1 is 1.33 bits per heavy atom. The molecule has 2 rings (SSSR count). The number of hydrogen-bond acceptors (Lipinski definition) is 4. The molecule has 2 unspecified atom stereocenters. The number of ether oxygens (including phenoxy) is 2. The van der Waals surface area contributed by atoms with Gasteiger partial charge in [-0.2, -0.15) is 0 Å². The van der Waals surface area contributed by atoms with Crippen LogP contribution in [0.5, 0.6) is 0 Å². The average molecular weight is 298 g/mol. The van der Waals surface area contributed by atoms with Crippen molar-refractivity contribution in [2.45, 2.75) is 45.6 Å². The molecule has 0 saturated carbocycles. The molecule has 0 radical (unpaired) electrons. The first-order valence-electron chi connectivity index (χ1n) is 8.53. The van der Waals surface area contributed by atoms with Gasteiger partial charge in [-0.3, -0.25) is 4.90 Å². The monoisotopic (exact) mass is 298 g/mol. The number of piperidine rings is 1. The maximum atomic E-state index is 5.74. The minimum absolute atomic E-state index is 0.0320. The van der Waals surface area contributed by atoms with Gasteiger partial charge in [-0.1, -0.05) is 13.8 Å². The fourth-order valence-corrected chi connectivity index (χ4v) is 3.68. The number of hydrogen-bond donors (Lipinski definition) is 1. The third-order valence-corrected chi connectivity index (χ3v) is 5.03. The number of nitrogens with one attached hydrogen (secondary N) is 1. The first-order chi connectivity index (χ1) is 9.97. The highest BCUT2D eigenvalue weighted by atomic mass is 16.5. The van der Waals surface area contributed by atoms with Gasteiger partial charge in [0, 0.05) is 38.8 Å². The second kappa shape index (κ2) is 7.40. The van der Waals surface area contributed by atoms with Crippen molar-refractivity contribution in [2.75, 3.05) is 53.0 Å². The van der Waals surface area contributed by atoms with Crippen LogP contribution in [0.1, 0.15) is 40.0 Å². The van der Waals surface area contributed by atoms with Crippen LogP contribution in [0.4, 0.5) is 0 Å². The van der Waals surface area contributed by atoms with E-state index in [0.29, 0.717) is 11.3 Å². The summed E-state index contributed by atoms with van der Waals surface area (Å²) in [7, 11) is 1.85. The molecule has 0 spiro atoms. The van der Waals surface area contributed by atoms with Crippen molar-refractivity contribution in [3.8, 4) is 0 Å². The van der Waals surface area contributed by atoms with Crippen molar-refractivity contribution in [1.82, 2.24) is 10.2 Å². The third-order valence-electron chi connectivity index (χ3n) is 5.03. The molecular formula is C17H34N2O2. The van der Waals surface area contributed by atoms with E-state index in [0.717, 1.165) is 39.4 Å². The van der Waals surface area contributed by atoms with E-state index >= 15 is 0 Å². The molecule has 1 N–H and O–H groups in total. The SMILES string of the molecule is COC1(C)CCCN(CC2(CNCC(C)C)CCOC2)C1. The molecule has 2 aliphatic rings. The second-order valence-electron chi connectivity index (χ2n) is 7.80. The Hall–Kier alpha value is -0.160. The molecular weight excluding hydrogens is 264 g/mol. The molecule has 4 nitrogen and oxygen atoms in total. The molecule has 2 fully saturated rings. The summed E-state index contributed by atoms with van der Waals surface area (Å²) in [5, 5.41) is 3.65. The van der Waals surface area contributed by atoms with E-state index < -0.39 is 0 Å². The number of methoxy groups -OCH3 is 1. The molecule has 0 aromatic carbocycles. The zero-order chi connectivity index (χ0) is 15.3. The van der Waals surface area contributed by atoms with Crippen LogP contribution in [0.3, 0.4) is 0 Å². The van der Waals surface area contributed by atoms with E-state index in [4.69, 9.17) is 9.47 Å². The summed E-state index contributed by atoms with van der Waals surface area (Å²) in [4.78, 5) is 2.60. The minimum atomic E-state index is 0.0320. The van der Waals surface area contributed by atoms with E-state index in [-0.39, 0.29) is 5.60 Å². The van der Waals surface area contributed by atoms with E-state index in [1.807, 2.05) is 7.11 Å². The Kier molecular flexibility index (Phi) is 6.06. The van der Waals surface area contributed by atoms with Crippen LogP contribution in [0.2, 0.25) is 0 Å². The molecule has 2 atom stereocenters. The molecule has 0 amide bonds. The minimum Gasteiger partial charge on any atom is -0.381 e. The van der Waals surface area contributed by atoms with E-state index in [9.17, 15) is 0 Å². The predicted molar refractivity (Wildman–Crippen MR) is 86.7 cm³/mol. The van der Waals surface area contributed by atoms with Crippen molar-refractivity contribution in [1.29, 1.82) is 0 Å². The van der Waals surface area contributed by atoms with E-state index in [2.05, 4.69) is 31.0 Å². The molecule has 2 heterocycles. The highest BCUT2D eigenvalue weighted by molar-refractivity contribution is 4.92. The Balaban J connectivity index is 1.89. The van der Waals surface area contributed by atoms with Crippen molar-refractivity contribution in [3.05, 3.63) is 0 Å². The van der Waals surface area contributed by atoms with Crippen molar-refractivity contribution >= 4 is 0 Å². The fourth-order valence-electron chi connectivity index (χ4n) is 3.68.